The Kier molecular flexibility index (Phi) is 5.92. The second-order valence-electron chi connectivity index (χ2n) is 3.50. The molecule has 0 fully saturated rings. The molecule has 0 bridgehead atoms. The smallest absolute Gasteiger partial charge is 0.433 e. The van der Waals surface area contributed by atoms with Crippen LogP contribution in [0.3, 0.4) is 0 Å². The first-order chi connectivity index (χ1) is 9.49. The largest absolute Gasteiger partial charge is 0.506 e. The van der Waals surface area contributed by atoms with Crippen molar-refractivity contribution in [1.82, 2.24) is 5.43 Å². The molecular weight excluding hydrogens is 288 g/mol. The summed E-state index contributed by atoms with van der Waals surface area (Å²) in [7, 11) is 0. The molecule has 2 amide bonds. The number of hydrazine groups is 1. The first-order valence-corrected chi connectivity index (χ1v) is 6.26. The van der Waals surface area contributed by atoms with E-state index in [-0.39, 0.29) is 29.7 Å². The summed E-state index contributed by atoms with van der Waals surface area (Å²) in [5.41, 5.74) is 2.44. The summed E-state index contributed by atoms with van der Waals surface area (Å²) in [5, 5.41) is 10.2. The Labute approximate surface area is 121 Å². The van der Waals surface area contributed by atoms with Crippen molar-refractivity contribution < 1.29 is 24.2 Å². The number of phenolic OH excluding ortho intramolecular Hbond substituents is 1. The standard InChI is InChI=1S/C12H15ClN2O5/c1-3-19-11(17)14-15(12(18)20-4-2)8-5-6-10(16)9(13)7-8/h5-7,16H,3-4H2,1-2H3,(H,14,17). The summed E-state index contributed by atoms with van der Waals surface area (Å²) >= 11 is 5.76. The van der Waals surface area contributed by atoms with Crippen LogP contribution in [0.25, 0.3) is 0 Å². The highest BCUT2D eigenvalue weighted by Gasteiger charge is 2.21. The lowest BCUT2D eigenvalue weighted by Gasteiger charge is -2.22. The molecule has 110 valence electrons. The van der Waals surface area contributed by atoms with E-state index in [1.54, 1.807) is 13.8 Å². The lowest BCUT2D eigenvalue weighted by molar-refractivity contribution is 0.138. The highest BCUT2D eigenvalue weighted by molar-refractivity contribution is 6.32. The van der Waals surface area contributed by atoms with E-state index in [1.807, 2.05) is 0 Å². The summed E-state index contributed by atoms with van der Waals surface area (Å²) < 4.78 is 9.51. The SMILES string of the molecule is CCOC(=O)NN(C(=O)OCC)c1ccc(O)c(Cl)c1. The van der Waals surface area contributed by atoms with Crippen molar-refractivity contribution in [2.45, 2.75) is 13.8 Å². The van der Waals surface area contributed by atoms with E-state index in [0.717, 1.165) is 5.01 Å². The van der Waals surface area contributed by atoms with E-state index in [0.29, 0.717) is 0 Å². The number of hydrogen-bond acceptors (Lipinski definition) is 5. The number of aromatic hydroxyl groups is 1. The Balaban J connectivity index is 2.99. The van der Waals surface area contributed by atoms with Gasteiger partial charge in [-0.25, -0.2) is 15.0 Å². The zero-order chi connectivity index (χ0) is 15.1. The van der Waals surface area contributed by atoms with Gasteiger partial charge in [0.15, 0.2) is 0 Å². The molecule has 1 aromatic rings. The van der Waals surface area contributed by atoms with Gasteiger partial charge in [-0.3, -0.25) is 0 Å². The average molecular weight is 303 g/mol. The number of nitrogens with one attached hydrogen (secondary N) is 1. The normalized spacial score (nSPS) is 9.75. The minimum atomic E-state index is -0.815. The third-order valence-electron chi connectivity index (χ3n) is 2.12. The lowest BCUT2D eigenvalue weighted by atomic mass is 10.3. The zero-order valence-electron chi connectivity index (χ0n) is 11.1. The van der Waals surface area contributed by atoms with Gasteiger partial charge in [-0.1, -0.05) is 11.6 Å². The van der Waals surface area contributed by atoms with E-state index in [4.69, 9.17) is 21.1 Å². The highest BCUT2D eigenvalue weighted by atomic mass is 35.5. The molecule has 8 heteroatoms. The van der Waals surface area contributed by atoms with Crippen molar-refractivity contribution in [2.75, 3.05) is 18.2 Å². The number of carbonyl (C=O) groups is 2. The number of amides is 2. The molecule has 0 spiro atoms. The molecule has 0 atom stereocenters. The summed E-state index contributed by atoms with van der Waals surface area (Å²) in [6.45, 7) is 3.54. The van der Waals surface area contributed by atoms with Gasteiger partial charge in [0.25, 0.3) is 0 Å². The van der Waals surface area contributed by atoms with Crippen molar-refractivity contribution in [3.63, 3.8) is 0 Å². The van der Waals surface area contributed by atoms with E-state index in [1.165, 1.54) is 18.2 Å². The number of ether oxygens (including phenoxy) is 2. The van der Waals surface area contributed by atoms with Crippen molar-refractivity contribution in [2.24, 2.45) is 0 Å². The van der Waals surface area contributed by atoms with E-state index in [2.05, 4.69) is 5.43 Å². The second kappa shape index (κ2) is 7.44. The van der Waals surface area contributed by atoms with Crippen LogP contribution in [0.15, 0.2) is 18.2 Å². The summed E-state index contributed by atoms with van der Waals surface area (Å²) in [4.78, 5) is 23.2. The molecule has 0 radical (unpaired) electrons. The van der Waals surface area contributed by atoms with Gasteiger partial charge >= 0.3 is 12.2 Å². The molecule has 0 aromatic heterocycles. The van der Waals surface area contributed by atoms with Crippen LogP contribution in [0.2, 0.25) is 5.02 Å². The Hall–Kier alpha value is -2.15. The van der Waals surface area contributed by atoms with Crippen LogP contribution in [0, 0.1) is 0 Å². The van der Waals surface area contributed by atoms with E-state index in [9.17, 15) is 14.7 Å². The molecule has 7 nitrogen and oxygen atoms in total. The first kappa shape index (κ1) is 15.9. The fourth-order valence-electron chi connectivity index (χ4n) is 1.29. The highest BCUT2D eigenvalue weighted by Crippen LogP contribution is 2.27. The van der Waals surface area contributed by atoms with Gasteiger partial charge in [-0.15, -0.1) is 0 Å². The van der Waals surface area contributed by atoms with E-state index < -0.39 is 12.2 Å². The molecule has 1 aromatic carbocycles. The predicted octanol–water partition coefficient (Wildman–Crippen LogP) is 2.67. The van der Waals surface area contributed by atoms with Crippen LogP contribution in [-0.4, -0.2) is 30.5 Å². The topological polar surface area (TPSA) is 88.1 Å². The number of rotatable bonds is 3. The lowest BCUT2D eigenvalue weighted by Crippen LogP contribution is -2.47. The van der Waals surface area contributed by atoms with Crippen LogP contribution >= 0.6 is 11.6 Å². The molecule has 1 rings (SSSR count). The number of phenols is 1. The van der Waals surface area contributed by atoms with Gasteiger partial charge in [0.2, 0.25) is 0 Å². The monoisotopic (exact) mass is 302 g/mol. The van der Waals surface area contributed by atoms with Gasteiger partial charge in [-0.05, 0) is 32.0 Å². The fraction of sp³-hybridized carbons (Fsp3) is 0.333. The minimum absolute atomic E-state index is 0.0301. The number of hydrogen-bond donors (Lipinski definition) is 2. The fourth-order valence-corrected chi connectivity index (χ4v) is 1.47. The van der Waals surface area contributed by atoms with Gasteiger partial charge in [0, 0.05) is 0 Å². The first-order valence-electron chi connectivity index (χ1n) is 5.88. The van der Waals surface area contributed by atoms with Gasteiger partial charge in [0.1, 0.15) is 5.75 Å². The molecule has 0 saturated heterocycles. The van der Waals surface area contributed by atoms with Gasteiger partial charge in [0.05, 0.1) is 23.9 Å². The Morgan fingerprint density at radius 3 is 2.50 bits per heavy atom. The maximum absolute atomic E-state index is 11.8. The summed E-state index contributed by atoms with van der Waals surface area (Å²) in [6, 6.07) is 3.99. The van der Waals surface area contributed by atoms with Crippen LogP contribution in [-0.2, 0) is 9.47 Å². The molecule has 0 saturated carbocycles. The number of benzene rings is 1. The van der Waals surface area contributed by atoms with Gasteiger partial charge < -0.3 is 14.6 Å². The van der Waals surface area contributed by atoms with Crippen LogP contribution in [0.1, 0.15) is 13.8 Å². The molecule has 2 N–H and O–H groups in total. The Bertz CT molecular complexity index is 495. The maximum Gasteiger partial charge on any atom is 0.433 e. The average Bonchev–Trinajstić information content (AvgIpc) is 2.40. The van der Waals surface area contributed by atoms with Gasteiger partial charge in [-0.2, -0.15) is 5.01 Å². The van der Waals surface area contributed by atoms with E-state index >= 15 is 0 Å². The molecule has 0 aliphatic rings. The summed E-state index contributed by atoms with van der Waals surface area (Å²) in [5.74, 6) is -0.143. The third kappa shape index (κ3) is 4.20. The Morgan fingerprint density at radius 1 is 1.30 bits per heavy atom. The summed E-state index contributed by atoms with van der Waals surface area (Å²) in [6.07, 6.45) is -1.62. The zero-order valence-corrected chi connectivity index (χ0v) is 11.8. The molecular formula is C12H15ClN2O5. The number of anilines is 1. The number of nitrogens with zero attached hydrogens (tertiary/aromatic N) is 1. The molecule has 0 aliphatic heterocycles. The maximum atomic E-state index is 11.8. The predicted molar refractivity (Wildman–Crippen MR) is 72.8 cm³/mol. The quantitative estimate of drug-likeness (QED) is 0.838. The minimum Gasteiger partial charge on any atom is -0.506 e. The molecule has 0 unspecified atom stereocenters. The van der Waals surface area contributed by atoms with Crippen molar-refractivity contribution >= 4 is 29.5 Å². The van der Waals surface area contributed by atoms with Crippen molar-refractivity contribution in [1.29, 1.82) is 0 Å². The second-order valence-corrected chi connectivity index (χ2v) is 3.91. The van der Waals surface area contributed by atoms with Crippen molar-refractivity contribution in [3.05, 3.63) is 23.2 Å². The molecule has 0 heterocycles. The number of halogens is 1. The Morgan fingerprint density at radius 2 is 1.95 bits per heavy atom. The van der Waals surface area contributed by atoms with Crippen molar-refractivity contribution in [3.8, 4) is 5.75 Å². The van der Waals surface area contributed by atoms with Crippen LogP contribution < -0.4 is 10.4 Å². The molecule has 0 aliphatic carbocycles. The number of carbonyl (C=O) groups excluding carboxylic acids is 2. The third-order valence-corrected chi connectivity index (χ3v) is 2.42. The van der Waals surface area contributed by atoms with Crippen LogP contribution in [0.5, 0.6) is 5.75 Å². The molecule has 20 heavy (non-hydrogen) atoms. The van der Waals surface area contributed by atoms with Crippen LogP contribution in [0.4, 0.5) is 15.3 Å².